The first-order valence-corrected chi connectivity index (χ1v) is 11.6. The Hall–Kier alpha value is -2.11. The third-order valence-corrected chi connectivity index (χ3v) is 6.23. The van der Waals surface area contributed by atoms with E-state index in [2.05, 4.69) is 65.0 Å². The Bertz CT molecular complexity index is 1150. The van der Waals surface area contributed by atoms with Gasteiger partial charge in [0.2, 0.25) is 0 Å². The van der Waals surface area contributed by atoms with Gasteiger partial charge in [-0.3, -0.25) is 4.98 Å². The minimum absolute atomic E-state index is 0. The zero-order chi connectivity index (χ0) is 21.6. The second kappa shape index (κ2) is 11.7. The summed E-state index contributed by atoms with van der Waals surface area (Å²) in [7, 11) is 0. The minimum Gasteiger partial charge on any atom is -0.334 e. The maximum absolute atomic E-state index is 6.26. The van der Waals surface area contributed by atoms with Gasteiger partial charge in [0.05, 0.1) is 11.2 Å². The molecule has 6 heteroatoms. The highest BCUT2D eigenvalue weighted by atomic mass is 35.5. The van der Waals surface area contributed by atoms with Gasteiger partial charge in [-0.05, 0) is 62.4 Å². The van der Waals surface area contributed by atoms with Gasteiger partial charge in [0.15, 0.2) is 0 Å². The van der Waals surface area contributed by atoms with Crippen molar-refractivity contribution in [2.75, 3.05) is 26.2 Å². The SMILES string of the molecule is CCN(CC)CCCNCc1nccc2c3ccccc3n(Cc3cccc(Cl)c3)c12.Cl. The van der Waals surface area contributed by atoms with E-state index >= 15 is 0 Å². The Kier molecular flexibility index (Phi) is 8.94. The molecule has 2 aromatic heterocycles. The molecular weight excluding hydrogens is 439 g/mol. The van der Waals surface area contributed by atoms with E-state index in [1.807, 2.05) is 24.4 Å². The Morgan fingerprint density at radius 2 is 1.81 bits per heavy atom. The summed E-state index contributed by atoms with van der Waals surface area (Å²) >= 11 is 6.26. The number of nitrogens with zero attached hydrogens (tertiary/aromatic N) is 3. The van der Waals surface area contributed by atoms with E-state index in [0.29, 0.717) is 0 Å². The van der Waals surface area contributed by atoms with Crippen molar-refractivity contribution in [2.45, 2.75) is 33.4 Å². The van der Waals surface area contributed by atoms with Crippen molar-refractivity contribution < 1.29 is 0 Å². The summed E-state index contributed by atoms with van der Waals surface area (Å²) in [5.74, 6) is 0. The van der Waals surface area contributed by atoms with Gasteiger partial charge in [0, 0.05) is 40.6 Å². The molecule has 0 aliphatic heterocycles. The second-order valence-corrected chi connectivity index (χ2v) is 8.38. The van der Waals surface area contributed by atoms with Crippen LogP contribution < -0.4 is 5.32 Å². The number of rotatable bonds is 10. The molecule has 0 spiro atoms. The molecule has 170 valence electrons. The lowest BCUT2D eigenvalue weighted by molar-refractivity contribution is 0.298. The van der Waals surface area contributed by atoms with E-state index in [0.717, 1.165) is 56.4 Å². The maximum atomic E-state index is 6.26. The molecule has 0 atom stereocenters. The average molecular weight is 471 g/mol. The third-order valence-electron chi connectivity index (χ3n) is 6.00. The van der Waals surface area contributed by atoms with Crippen molar-refractivity contribution >= 4 is 45.8 Å². The van der Waals surface area contributed by atoms with Crippen LogP contribution in [-0.2, 0) is 13.1 Å². The van der Waals surface area contributed by atoms with Crippen LogP contribution in [0.3, 0.4) is 0 Å². The highest BCUT2D eigenvalue weighted by Gasteiger charge is 2.15. The highest BCUT2D eigenvalue weighted by Crippen LogP contribution is 2.31. The summed E-state index contributed by atoms with van der Waals surface area (Å²) in [5, 5.41) is 6.91. The van der Waals surface area contributed by atoms with Crippen LogP contribution in [0.2, 0.25) is 5.02 Å². The van der Waals surface area contributed by atoms with Crippen LogP contribution in [-0.4, -0.2) is 40.6 Å². The van der Waals surface area contributed by atoms with E-state index in [9.17, 15) is 0 Å². The predicted octanol–water partition coefficient (Wildman–Crippen LogP) is 6.13. The molecule has 4 aromatic rings. The number of halogens is 2. The number of nitrogens with one attached hydrogen (secondary N) is 1. The first-order chi connectivity index (χ1) is 15.2. The fourth-order valence-corrected chi connectivity index (χ4v) is 4.57. The van der Waals surface area contributed by atoms with Gasteiger partial charge in [0.25, 0.3) is 0 Å². The molecular formula is C26H32Cl2N4. The van der Waals surface area contributed by atoms with Gasteiger partial charge in [-0.25, -0.2) is 0 Å². The Morgan fingerprint density at radius 1 is 1.00 bits per heavy atom. The van der Waals surface area contributed by atoms with Crippen molar-refractivity contribution in [1.29, 1.82) is 0 Å². The van der Waals surface area contributed by atoms with Crippen molar-refractivity contribution in [2.24, 2.45) is 0 Å². The summed E-state index contributed by atoms with van der Waals surface area (Å²) in [6.07, 6.45) is 3.08. The molecule has 0 unspecified atom stereocenters. The van der Waals surface area contributed by atoms with Crippen LogP contribution in [0, 0.1) is 0 Å². The first-order valence-electron chi connectivity index (χ1n) is 11.2. The summed E-state index contributed by atoms with van der Waals surface area (Å²) in [6.45, 7) is 10.3. The monoisotopic (exact) mass is 470 g/mol. The van der Waals surface area contributed by atoms with Crippen LogP contribution >= 0.6 is 24.0 Å². The normalized spacial score (nSPS) is 11.4. The number of fused-ring (bicyclic) bond motifs is 3. The van der Waals surface area contributed by atoms with Crippen LogP contribution in [0.15, 0.2) is 60.8 Å². The highest BCUT2D eigenvalue weighted by molar-refractivity contribution is 6.30. The molecule has 2 heterocycles. The van der Waals surface area contributed by atoms with E-state index in [-0.39, 0.29) is 12.4 Å². The zero-order valence-electron chi connectivity index (χ0n) is 18.9. The lowest BCUT2D eigenvalue weighted by atomic mass is 10.1. The molecule has 0 bridgehead atoms. The number of para-hydroxylation sites is 1. The van der Waals surface area contributed by atoms with Crippen LogP contribution in [0.5, 0.6) is 0 Å². The Morgan fingerprint density at radius 3 is 2.59 bits per heavy atom. The van der Waals surface area contributed by atoms with Gasteiger partial charge in [0.1, 0.15) is 0 Å². The fraction of sp³-hybridized carbons (Fsp3) is 0.346. The number of benzene rings is 2. The van der Waals surface area contributed by atoms with E-state index in [4.69, 9.17) is 16.6 Å². The smallest absolute Gasteiger partial charge is 0.0784 e. The molecule has 0 aliphatic carbocycles. The summed E-state index contributed by atoms with van der Waals surface area (Å²) in [4.78, 5) is 7.23. The molecule has 0 amide bonds. The topological polar surface area (TPSA) is 33.1 Å². The molecule has 0 saturated heterocycles. The van der Waals surface area contributed by atoms with Gasteiger partial charge in [-0.2, -0.15) is 0 Å². The molecule has 4 rings (SSSR count). The average Bonchev–Trinajstić information content (AvgIpc) is 3.11. The van der Waals surface area contributed by atoms with E-state index in [1.54, 1.807) is 0 Å². The number of hydrogen-bond acceptors (Lipinski definition) is 3. The third kappa shape index (κ3) is 5.44. The van der Waals surface area contributed by atoms with Crippen LogP contribution in [0.25, 0.3) is 21.8 Å². The quantitative estimate of drug-likeness (QED) is 0.282. The molecule has 4 nitrogen and oxygen atoms in total. The van der Waals surface area contributed by atoms with Crippen molar-refractivity contribution in [3.05, 3.63) is 77.1 Å². The van der Waals surface area contributed by atoms with Gasteiger partial charge in [-0.15, -0.1) is 12.4 Å². The largest absolute Gasteiger partial charge is 0.334 e. The van der Waals surface area contributed by atoms with E-state index in [1.165, 1.54) is 27.4 Å². The fourth-order valence-electron chi connectivity index (χ4n) is 4.36. The standard InChI is InChI=1S/C26H31ClN4.ClH/c1-3-30(4-2)16-8-14-28-18-24-26-23(13-15-29-24)22-11-5-6-12-25(22)31(26)19-20-9-7-10-21(27)17-20;/h5-7,9-13,15,17,28H,3-4,8,14,16,18-19H2,1-2H3;1H. The minimum atomic E-state index is 0. The molecule has 32 heavy (non-hydrogen) atoms. The predicted molar refractivity (Wildman–Crippen MR) is 139 cm³/mol. The van der Waals surface area contributed by atoms with E-state index < -0.39 is 0 Å². The van der Waals surface area contributed by atoms with Crippen molar-refractivity contribution in [3.63, 3.8) is 0 Å². The summed E-state index contributed by atoms with van der Waals surface area (Å²) < 4.78 is 2.39. The second-order valence-electron chi connectivity index (χ2n) is 7.94. The molecule has 0 aliphatic rings. The Balaban J connectivity index is 0.00000289. The Labute approximate surface area is 202 Å². The van der Waals surface area contributed by atoms with Crippen molar-refractivity contribution in [1.82, 2.24) is 19.8 Å². The summed E-state index contributed by atoms with van der Waals surface area (Å²) in [6, 6.07) is 18.9. The number of aromatic nitrogens is 2. The number of pyridine rings is 1. The molecule has 0 fully saturated rings. The van der Waals surface area contributed by atoms with Gasteiger partial charge in [-0.1, -0.05) is 55.8 Å². The summed E-state index contributed by atoms with van der Waals surface area (Å²) in [5.41, 5.74) is 4.73. The van der Waals surface area contributed by atoms with Crippen molar-refractivity contribution in [3.8, 4) is 0 Å². The van der Waals surface area contributed by atoms with Crippen LogP contribution in [0.4, 0.5) is 0 Å². The lowest BCUT2D eigenvalue weighted by Gasteiger charge is -2.17. The maximum Gasteiger partial charge on any atom is 0.0784 e. The van der Waals surface area contributed by atoms with Gasteiger partial charge < -0.3 is 14.8 Å². The number of hydrogen-bond donors (Lipinski definition) is 1. The zero-order valence-corrected chi connectivity index (χ0v) is 20.4. The lowest BCUT2D eigenvalue weighted by Crippen LogP contribution is -2.27. The molecule has 0 saturated carbocycles. The molecule has 2 aromatic carbocycles. The first kappa shape index (κ1) is 24.5. The van der Waals surface area contributed by atoms with Gasteiger partial charge >= 0.3 is 0 Å². The molecule has 0 radical (unpaired) electrons. The molecule has 1 N–H and O–H groups in total. The van der Waals surface area contributed by atoms with Crippen LogP contribution in [0.1, 0.15) is 31.5 Å².